The van der Waals surface area contributed by atoms with Crippen molar-refractivity contribution in [2.45, 2.75) is 6.92 Å². The smallest absolute Gasteiger partial charge is 0.165 e. The van der Waals surface area contributed by atoms with Crippen molar-refractivity contribution < 1.29 is 19.3 Å². The Morgan fingerprint density at radius 3 is 2.14 bits per heavy atom. The molecule has 2 aromatic carbocycles. The van der Waals surface area contributed by atoms with Crippen molar-refractivity contribution in [3.8, 4) is 34.1 Å². The second-order valence-electron chi connectivity index (χ2n) is 4.55. The standard InChI is InChI=1S/C16H17ClO4/c1-9-5-11(16(18)14(6-9)21-4)15-12(17)7-10(19-2)8-13(15)20-3/h5-8,18H,1-4H3. The van der Waals surface area contributed by atoms with Gasteiger partial charge >= 0.3 is 0 Å². The highest BCUT2D eigenvalue weighted by atomic mass is 35.5. The van der Waals surface area contributed by atoms with E-state index in [1.54, 1.807) is 32.4 Å². The maximum atomic E-state index is 10.4. The van der Waals surface area contributed by atoms with E-state index >= 15 is 0 Å². The van der Waals surface area contributed by atoms with Crippen LogP contribution in [0.1, 0.15) is 5.56 Å². The van der Waals surface area contributed by atoms with Crippen LogP contribution in [0.5, 0.6) is 23.0 Å². The van der Waals surface area contributed by atoms with Crippen LogP contribution in [0.4, 0.5) is 0 Å². The van der Waals surface area contributed by atoms with Gasteiger partial charge in [0.2, 0.25) is 0 Å². The van der Waals surface area contributed by atoms with Crippen LogP contribution in [0.25, 0.3) is 11.1 Å². The van der Waals surface area contributed by atoms with Gasteiger partial charge in [-0.1, -0.05) is 11.6 Å². The monoisotopic (exact) mass is 308 g/mol. The molecule has 0 atom stereocenters. The molecule has 0 saturated heterocycles. The number of benzene rings is 2. The third-order valence-corrected chi connectivity index (χ3v) is 3.49. The Morgan fingerprint density at radius 1 is 0.905 bits per heavy atom. The first-order valence-electron chi connectivity index (χ1n) is 6.31. The van der Waals surface area contributed by atoms with Crippen molar-refractivity contribution in [1.82, 2.24) is 0 Å². The number of halogens is 1. The first-order valence-corrected chi connectivity index (χ1v) is 6.69. The summed E-state index contributed by atoms with van der Waals surface area (Å²) in [7, 11) is 4.60. The predicted octanol–water partition coefficient (Wildman–Crippen LogP) is 4.05. The zero-order chi connectivity index (χ0) is 15.6. The summed E-state index contributed by atoms with van der Waals surface area (Å²) in [6.45, 7) is 1.91. The van der Waals surface area contributed by atoms with Crippen molar-refractivity contribution in [1.29, 1.82) is 0 Å². The third kappa shape index (κ3) is 2.85. The molecule has 2 rings (SSSR count). The van der Waals surface area contributed by atoms with Crippen LogP contribution in [0.15, 0.2) is 24.3 Å². The zero-order valence-electron chi connectivity index (χ0n) is 12.4. The number of aryl methyl sites for hydroxylation is 1. The van der Waals surface area contributed by atoms with E-state index in [2.05, 4.69) is 0 Å². The number of ether oxygens (including phenoxy) is 3. The molecule has 1 N–H and O–H groups in total. The van der Waals surface area contributed by atoms with Crippen LogP contribution >= 0.6 is 11.6 Å². The van der Waals surface area contributed by atoms with Crippen LogP contribution in [-0.2, 0) is 0 Å². The summed E-state index contributed by atoms with van der Waals surface area (Å²) in [6, 6.07) is 6.97. The van der Waals surface area contributed by atoms with E-state index in [0.717, 1.165) is 5.56 Å². The van der Waals surface area contributed by atoms with E-state index in [9.17, 15) is 5.11 Å². The summed E-state index contributed by atoms with van der Waals surface area (Å²) < 4.78 is 15.7. The van der Waals surface area contributed by atoms with Crippen molar-refractivity contribution in [3.63, 3.8) is 0 Å². The number of hydrogen-bond acceptors (Lipinski definition) is 4. The third-order valence-electron chi connectivity index (χ3n) is 3.19. The lowest BCUT2D eigenvalue weighted by molar-refractivity contribution is 0.373. The lowest BCUT2D eigenvalue weighted by Crippen LogP contribution is -1.94. The molecule has 4 nitrogen and oxygen atoms in total. The van der Waals surface area contributed by atoms with Crippen LogP contribution in [0.3, 0.4) is 0 Å². The minimum atomic E-state index is 0.0217. The molecule has 0 heterocycles. The van der Waals surface area contributed by atoms with Gasteiger partial charge in [0, 0.05) is 17.2 Å². The summed E-state index contributed by atoms with van der Waals surface area (Å²) in [6.07, 6.45) is 0. The molecular formula is C16H17ClO4. The van der Waals surface area contributed by atoms with Crippen LogP contribution in [0, 0.1) is 6.92 Å². The Bertz CT molecular complexity index is 668. The quantitative estimate of drug-likeness (QED) is 0.925. The van der Waals surface area contributed by atoms with E-state index < -0.39 is 0 Å². The van der Waals surface area contributed by atoms with E-state index in [4.69, 9.17) is 25.8 Å². The molecule has 0 aliphatic carbocycles. The highest BCUT2D eigenvalue weighted by Gasteiger charge is 2.19. The summed E-state index contributed by atoms with van der Waals surface area (Å²) in [4.78, 5) is 0. The van der Waals surface area contributed by atoms with E-state index in [0.29, 0.717) is 33.4 Å². The molecule has 0 aliphatic rings. The van der Waals surface area contributed by atoms with Crippen LogP contribution < -0.4 is 14.2 Å². The SMILES string of the molecule is COc1cc(Cl)c(-c2cc(C)cc(OC)c2O)c(OC)c1. The molecule has 112 valence electrons. The average molecular weight is 309 g/mol. The van der Waals surface area contributed by atoms with Crippen LogP contribution in [0.2, 0.25) is 5.02 Å². The highest BCUT2D eigenvalue weighted by molar-refractivity contribution is 6.34. The second-order valence-corrected chi connectivity index (χ2v) is 4.96. The van der Waals surface area contributed by atoms with Gasteiger partial charge < -0.3 is 19.3 Å². The van der Waals surface area contributed by atoms with Crippen LogP contribution in [-0.4, -0.2) is 26.4 Å². The Balaban J connectivity index is 2.75. The van der Waals surface area contributed by atoms with Crippen molar-refractivity contribution in [3.05, 3.63) is 34.9 Å². The summed E-state index contributed by atoms with van der Waals surface area (Å²) in [5, 5.41) is 10.8. The number of phenols is 1. The van der Waals surface area contributed by atoms with E-state index in [-0.39, 0.29) is 5.75 Å². The number of aromatic hydroxyl groups is 1. The van der Waals surface area contributed by atoms with E-state index in [1.165, 1.54) is 7.11 Å². The van der Waals surface area contributed by atoms with Gasteiger partial charge in [0.05, 0.1) is 26.4 Å². The number of methoxy groups -OCH3 is 3. The molecule has 0 fully saturated rings. The maximum Gasteiger partial charge on any atom is 0.165 e. The minimum absolute atomic E-state index is 0.0217. The molecule has 0 aliphatic heterocycles. The first kappa shape index (κ1) is 15.3. The Labute approximate surface area is 128 Å². The molecule has 0 unspecified atom stereocenters. The Kier molecular flexibility index (Phi) is 4.48. The molecule has 0 aromatic heterocycles. The topological polar surface area (TPSA) is 47.9 Å². The van der Waals surface area contributed by atoms with E-state index in [1.807, 2.05) is 13.0 Å². The van der Waals surface area contributed by atoms with Gasteiger partial charge in [0.1, 0.15) is 11.5 Å². The van der Waals surface area contributed by atoms with Gasteiger partial charge in [-0.15, -0.1) is 0 Å². The summed E-state index contributed by atoms with van der Waals surface area (Å²) in [5.41, 5.74) is 2.09. The fourth-order valence-corrected chi connectivity index (χ4v) is 2.49. The average Bonchev–Trinajstić information content (AvgIpc) is 2.48. The molecule has 0 bridgehead atoms. The molecule has 0 amide bonds. The predicted molar refractivity (Wildman–Crippen MR) is 82.9 cm³/mol. The number of rotatable bonds is 4. The minimum Gasteiger partial charge on any atom is -0.504 e. The summed E-state index contributed by atoms with van der Waals surface area (Å²) >= 11 is 6.33. The zero-order valence-corrected chi connectivity index (χ0v) is 13.1. The fraction of sp³-hybridized carbons (Fsp3) is 0.250. The Hall–Kier alpha value is -2.07. The molecule has 0 radical (unpaired) electrons. The molecular weight excluding hydrogens is 292 g/mol. The molecule has 2 aromatic rings. The van der Waals surface area contributed by atoms with Gasteiger partial charge in [-0.25, -0.2) is 0 Å². The lowest BCUT2D eigenvalue weighted by Gasteiger charge is -2.16. The molecule has 21 heavy (non-hydrogen) atoms. The van der Waals surface area contributed by atoms with Crippen molar-refractivity contribution in [2.75, 3.05) is 21.3 Å². The highest BCUT2D eigenvalue weighted by Crippen LogP contribution is 2.46. The van der Waals surface area contributed by atoms with Gasteiger partial charge in [0.25, 0.3) is 0 Å². The normalized spacial score (nSPS) is 10.3. The molecule has 0 saturated carbocycles. The number of hydrogen-bond donors (Lipinski definition) is 1. The number of phenolic OH excluding ortho intramolecular Hbond substituents is 1. The largest absolute Gasteiger partial charge is 0.504 e. The van der Waals surface area contributed by atoms with Gasteiger partial charge in [-0.3, -0.25) is 0 Å². The lowest BCUT2D eigenvalue weighted by atomic mass is 10.00. The van der Waals surface area contributed by atoms with Gasteiger partial charge in [-0.2, -0.15) is 0 Å². The maximum absolute atomic E-state index is 10.4. The van der Waals surface area contributed by atoms with Gasteiger partial charge in [0.15, 0.2) is 11.5 Å². The molecule has 5 heteroatoms. The van der Waals surface area contributed by atoms with Crippen molar-refractivity contribution in [2.24, 2.45) is 0 Å². The second kappa shape index (κ2) is 6.14. The fourth-order valence-electron chi connectivity index (χ4n) is 2.19. The van der Waals surface area contributed by atoms with Crippen molar-refractivity contribution >= 4 is 11.6 Å². The molecule has 0 spiro atoms. The Morgan fingerprint density at radius 2 is 1.57 bits per heavy atom. The van der Waals surface area contributed by atoms with Gasteiger partial charge in [-0.05, 0) is 30.7 Å². The first-order chi connectivity index (χ1) is 10.0. The summed E-state index contributed by atoms with van der Waals surface area (Å²) in [5.74, 6) is 1.51.